The molecule has 1 N–H and O–H groups in total. The molecule has 3 nitrogen and oxygen atoms in total. The molecule has 0 aliphatic heterocycles. The van der Waals surface area contributed by atoms with Crippen molar-refractivity contribution in [3.63, 3.8) is 0 Å². The van der Waals surface area contributed by atoms with E-state index in [9.17, 15) is 13.2 Å². The number of rotatable bonds is 8. The van der Waals surface area contributed by atoms with Crippen LogP contribution in [0.3, 0.4) is 0 Å². The van der Waals surface area contributed by atoms with Crippen molar-refractivity contribution < 1.29 is 22.6 Å². The lowest BCUT2D eigenvalue weighted by molar-refractivity contribution is -0.139. The monoisotopic (exact) mass is 303 g/mol. The molecule has 0 bridgehead atoms. The van der Waals surface area contributed by atoms with Gasteiger partial charge in [0.05, 0.1) is 19.6 Å². The van der Waals surface area contributed by atoms with Gasteiger partial charge in [0.2, 0.25) is 0 Å². The second-order valence-electron chi connectivity index (χ2n) is 5.05. The summed E-state index contributed by atoms with van der Waals surface area (Å²) in [7, 11) is 0. The fraction of sp³-hybridized carbons (Fsp3) is 0.600. The van der Waals surface area contributed by atoms with E-state index in [1.165, 1.54) is 0 Å². The average Bonchev–Trinajstić information content (AvgIpc) is 3.21. The Hall–Kier alpha value is -1.43. The first-order chi connectivity index (χ1) is 9.99. The number of hydrogen-bond acceptors (Lipinski definition) is 3. The number of nitrogens with one attached hydrogen (secondary N) is 1. The van der Waals surface area contributed by atoms with E-state index in [1.807, 2.05) is 19.1 Å². The number of ether oxygens (including phenoxy) is 2. The van der Waals surface area contributed by atoms with Crippen molar-refractivity contribution in [1.82, 2.24) is 5.32 Å². The Bertz CT molecular complexity index is 459. The molecule has 1 aliphatic rings. The molecule has 1 saturated carbocycles. The molecule has 0 spiro atoms. The minimum Gasteiger partial charge on any atom is -0.490 e. The van der Waals surface area contributed by atoms with E-state index in [1.54, 1.807) is 6.07 Å². The van der Waals surface area contributed by atoms with Crippen LogP contribution in [0.2, 0.25) is 0 Å². The Morgan fingerprint density at radius 2 is 2.00 bits per heavy atom. The maximum atomic E-state index is 12.2. The minimum atomic E-state index is -4.22. The molecule has 0 atom stereocenters. The van der Waals surface area contributed by atoms with Crippen molar-refractivity contribution in [3.8, 4) is 11.5 Å². The van der Waals surface area contributed by atoms with Crippen molar-refractivity contribution in [2.24, 2.45) is 0 Å². The van der Waals surface area contributed by atoms with Gasteiger partial charge >= 0.3 is 6.18 Å². The zero-order valence-corrected chi connectivity index (χ0v) is 12.0. The van der Waals surface area contributed by atoms with Crippen LogP contribution in [-0.2, 0) is 6.54 Å². The third-order valence-electron chi connectivity index (χ3n) is 3.15. The molecule has 118 valence electrons. The van der Waals surface area contributed by atoms with Crippen LogP contribution in [0.5, 0.6) is 11.5 Å². The molecule has 0 unspecified atom stereocenters. The van der Waals surface area contributed by atoms with Gasteiger partial charge in [-0.05, 0) is 25.8 Å². The van der Waals surface area contributed by atoms with Crippen LogP contribution in [0.25, 0.3) is 0 Å². The summed E-state index contributed by atoms with van der Waals surface area (Å²) in [5, 5.41) is 3.33. The van der Waals surface area contributed by atoms with Crippen molar-refractivity contribution >= 4 is 0 Å². The van der Waals surface area contributed by atoms with Gasteiger partial charge in [-0.2, -0.15) is 13.2 Å². The van der Waals surface area contributed by atoms with E-state index in [4.69, 9.17) is 9.47 Å². The minimum absolute atomic E-state index is 0.399. The third kappa shape index (κ3) is 5.46. The summed E-state index contributed by atoms with van der Waals surface area (Å²) in [6.45, 7) is 2.45. The first-order valence-electron chi connectivity index (χ1n) is 7.17. The Labute approximate surface area is 122 Å². The van der Waals surface area contributed by atoms with Crippen LogP contribution in [-0.4, -0.2) is 25.4 Å². The van der Waals surface area contributed by atoms with Crippen molar-refractivity contribution in [2.45, 2.75) is 44.9 Å². The lowest BCUT2D eigenvalue weighted by atomic mass is 10.2. The molecule has 2 rings (SSSR count). The van der Waals surface area contributed by atoms with E-state index in [2.05, 4.69) is 5.32 Å². The van der Waals surface area contributed by atoms with E-state index in [0.29, 0.717) is 30.7 Å². The molecule has 6 heteroatoms. The molecule has 1 aliphatic carbocycles. The largest absolute Gasteiger partial charge is 0.490 e. The first kappa shape index (κ1) is 15.9. The second-order valence-corrected chi connectivity index (χ2v) is 5.05. The molecule has 21 heavy (non-hydrogen) atoms. The molecular weight excluding hydrogens is 283 g/mol. The predicted octanol–water partition coefficient (Wildman–Crippen LogP) is 3.67. The molecule has 0 aromatic heterocycles. The van der Waals surface area contributed by atoms with E-state index < -0.39 is 19.2 Å². The van der Waals surface area contributed by atoms with Crippen LogP contribution in [0.4, 0.5) is 13.2 Å². The van der Waals surface area contributed by atoms with E-state index >= 15 is 0 Å². The number of alkyl halides is 3. The number of halogens is 3. The van der Waals surface area contributed by atoms with Gasteiger partial charge in [-0.15, -0.1) is 0 Å². The van der Waals surface area contributed by atoms with Crippen molar-refractivity contribution in [2.75, 3.05) is 13.2 Å². The van der Waals surface area contributed by atoms with Crippen molar-refractivity contribution in [1.29, 1.82) is 0 Å². The highest BCUT2D eigenvalue weighted by atomic mass is 19.4. The summed E-state index contributed by atoms with van der Waals surface area (Å²) in [6.07, 6.45) is -2.89. The van der Waals surface area contributed by atoms with Crippen LogP contribution in [0, 0.1) is 0 Å². The zero-order chi connectivity index (χ0) is 15.3. The Morgan fingerprint density at radius 3 is 2.62 bits per heavy atom. The van der Waals surface area contributed by atoms with Gasteiger partial charge < -0.3 is 14.8 Å². The van der Waals surface area contributed by atoms with Gasteiger partial charge in [0.1, 0.15) is 0 Å². The number of para-hydroxylation sites is 1. The lowest BCUT2D eigenvalue weighted by Crippen LogP contribution is -2.18. The molecule has 0 saturated heterocycles. The van der Waals surface area contributed by atoms with E-state index in [-0.39, 0.29) is 0 Å². The Morgan fingerprint density at radius 1 is 1.24 bits per heavy atom. The SMILES string of the molecule is CCOc1cccc(CNC2CC2)c1OCCC(F)(F)F. The van der Waals surface area contributed by atoms with Gasteiger partial charge in [0.25, 0.3) is 0 Å². The summed E-state index contributed by atoms with van der Waals surface area (Å²) in [6, 6.07) is 5.91. The van der Waals surface area contributed by atoms with Crippen LogP contribution >= 0.6 is 0 Å². The van der Waals surface area contributed by atoms with E-state index in [0.717, 1.165) is 18.4 Å². The van der Waals surface area contributed by atoms with Crippen LogP contribution in [0.1, 0.15) is 31.7 Å². The maximum Gasteiger partial charge on any atom is 0.392 e. The summed E-state index contributed by atoms with van der Waals surface area (Å²) in [4.78, 5) is 0. The molecule has 1 aromatic rings. The molecule has 0 amide bonds. The number of hydrogen-bond donors (Lipinski definition) is 1. The molecule has 0 radical (unpaired) electrons. The van der Waals surface area contributed by atoms with Gasteiger partial charge in [-0.25, -0.2) is 0 Å². The quantitative estimate of drug-likeness (QED) is 0.795. The average molecular weight is 303 g/mol. The highest BCUT2D eigenvalue weighted by Gasteiger charge is 2.27. The van der Waals surface area contributed by atoms with Gasteiger partial charge in [-0.3, -0.25) is 0 Å². The molecular formula is C15H20F3NO2. The van der Waals surface area contributed by atoms with Gasteiger partial charge in [0, 0.05) is 18.2 Å². The summed E-state index contributed by atoms with van der Waals surface area (Å²) in [5.41, 5.74) is 0.829. The fourth-order valence-corrected chi connectivity index (χ4v) is 1.94. The molecule has 0 heterocycles. The smallest absolute Gasteiger partial charge is 0.392 e. The van der Waals surface area contributed by atoms with Gasteiger partial charge in [0.15, 0.2) is 11.5 Å². The standard InChI is InChI=1S/C15H20F3NO2/c1-2-20-13-5-3-4-11(10-19-12-6-7-12)14(13)21-9-8-15(16,17)18/h3-5,12,19H,2,6-10H2,1H3. The van der Waals surface area contributed by atoms with Crippen LogP contribution in [0.15, 0.2) is 18.2 Å². The lowest BCUT2D eigenvalue weighted by Gasteiger charge is -2.17. The Balaban J connectivity index is 2.04. The van der Waals surface area contributed by atoms with Gasteiger partial charge in [-0.1, -0.05) is 12.1 Å². The predicted molar refractivity (Wildman–Crippen MR) is 73.6 cm³/mol. The third-order valence-corrected chi connectivity index (χ3v) is 3.15. The topological polar surface area (TPSA) is 30.5 Å². The highest BCUT2D eigenvalue weighted by Crippen LogP contribution is 2.33. The summed E-state index contributed by atoms with van der Waals surface area (Å²) >= 11 is 0. The molecule has 1 aromatic carbocycles. The second kappa shape index (κ2) is 7.02. The van der Waals surface area contributed by atoms with Crippen LogP contribution < -0.4 is 14.8 Å². The van der Waals surface area contributed by atoms with Crippen molar-refractivity contribution in [3.05, 3.63) is 23.8 Å². The highest BCUT2D eigenvalue weighted by molar-refractivity contribution is 5.46. The summed E-state index contributed by atoms with van der Waals surface area (Å²) in [5.74, 6) is 0.909. The zero-order valence-electron chi connectivity index (χ0n) is 12.0. The fourth-order valence-electron chi connectivity index (χ4n) is 1.94. The Kier molecular flexibility index (Phi) is 5.33. The number of benzene rings is 1. The summed E-state index contributed by atoms with van der Waals surface area (Å²) < 4.78 is 47.6. The molecule has 1 fully saturated rings. The normalized spacial score (nSPS) is 15.0. The maximum absolute atomic E-state index is 12.2. The first-order valence-corrected chi connectivity index (χ1v) is 7.17.